The van der Waals surface area contributed by atoms with Gasteiger partial charge in [-0.1, -0.05) is 25.7 Å². The number of unbranched alkanes of at least 4 members (excludes halogenated alkanes) is 6. The Hall–Kier alpha value is -1.78. The highest BCUT2D eigenvalue weighted by Crippen LogP contribution is 2.15. The minimum Gasteiger partial charge on any atom is -0.677 e. The lowest BCUT2D eigenvalue weighted by atomic mass is 10.1. The quantitative estimate of drug-likeness (QED) is 0.353. The van der Waals surface area contributed by atoms with E-state index in [0.29, 0.717) is 13.1 Å². The highest BCUT2D eigenvalue weighted by molar-refractivity contribution is 5.60. The number of rotatable bonds is 13. The van der Waals surface area contributed by atoms with Crippen LogP contribution in [0.25, 0.3) is 22.6 Å². The Morgan fingerprint density at radius 3 is 1.19 bits per heavy atom. The van der Waals surface area contributed by atoms with Gasteiger partial charge in [-0.2, -0.15) is 13.1 Å². The van der Waals surface area contributed by atoms with Crippen LogP contribution in [0, 0.1) is 0 Å². The zero-order valence-corrected chi connectivity index (χ0v) is 16.0. The van der Waals surface area contributed by atoms with E-state index in [0.717, 1.165) is 25.9 Å². The minimum absolute atomic E-state index is 0.560. The summed E-state index contributed by atoms with van der Waals surface area (Å²) in [6, 6.07) is 8.79. The van der Waals surface area contributed by atoms with Crippen LogP contribution < -0.4 is 9.13 Å². The van der Waals surface area contributed by atoms with Crippen LogP contribution in [0.4, 0.5) is 0 Å². The maximum absolute atomic E-state index is 7.17. The molecular formula is C22H34N4. The molecular weight excluding hydrogens is 320 g/mol. The van der Waals surface area contributed by atoms with E-state index in [2.05, 4.69) is 58.2 Å². The van der Waals surface area contributed by atoms with E-state index in [4.69, 9.17) is 11.5 Å². The van der Waals surface area contributed by atoms with Crippen LogP contribution in [0.5, 0.6) is 0 Å². The van der Waals surface area contributed by atoms with E-state index < -0.39 is 0 Å². The maximum atomic E-state index is 7.17. The third-order valence-corrected chi connectivity index (χ3v) is 4.80. The third-order valence-electron chi connectivity index (χ3n) is 4.80. The molecule has 0 saturated heterocycles. The van der Waals surface area contributed by atoms with Crippen LogP contribution in [-0.2, 0) is 13.1 Å². The summed E-state index contributed by atoms with van der Waals surface area (Å²) >= 11 is 0. The Balaban J connectivity index is 1.77. The van der Waals surface area contributed by atoms with Gasteiger partial charge in [-0.15, -0.1) is 0 Å². The molecule has 2 rings (SSSR count). The minimum atomic E-state index is 0.560. The molecule has 0 bridgehead atoms. The van der Waals surface area contributed by atoms with Crippen LogP contribution >= 0.6 is 0 Å². The Kier molecular flexibility index (Phi) is 9.91. The van der Waals surface area contributed by atoms with Crippen molar-refractivity contribution in [1.82, 2.24) is 0 Å². The van der Waals surface area contributed by atoms with E-state index in [1.807, 2.05) is 0 Å². The van der Waals surface area contributed by atoms with Crippen molar-refractivity contribution < 1.29 is 9.13 Å². The van der Waals surface area contributed by atoms with Crippen molar-refractivity contribution in [3.05, 3.63) is 60.5 Å². The van der Waals surface area contributed by atoms with Gasteiger partial charge in [0.2, 0.25) is 0 Å². The second-order valence-electron chi connectivity index (χ2n) is 6.98. The van der Waals surface area contributed by atoms with Gasteiger partial charge in [0.15, 0.2) is 24.8 Å². The van der Waals surface area contributed by atoms with Crippen molar-refractivity contribution in [2.75, 3.05) is 13.1 Å². The molecule has 0 aromatic carbocycles. The SMILES string of the molecule is [NH-]CCCCCC[n+]1ccc(-c2cc[n+](CCCCCC[NH-])cc2)cc1. The van der Waals surface area contributed by atoms with Gasteiger partial charge in [0.05, 0.1) is 0 Å². The predicted molar refractivity (Wildman–Crippen MR) is 108 cm³/mol. The van der Waals surface area contributed by atoms with Crippen molar-refractivity contribution in [3.8, 4) is 11.1 Å². The molecule has 0 aliphatic heterocycles. The van der Waals surface area contributed by atoms with Crippen LogP contribution in [-0.4, -0.2) is 13.1 Å². The monoisotopic (exact) mass is 354 g/mol. The molecule has 4 nitrogen and oxygen atoms in total. The molecule has 0 amide bonds. The molecule has 4 heteroatoms. The number of aromatic nitrogens is 2. The fraction of sp³-hybridized carbons (Fsp3) is 0.545. The predicted octanol–water partition coefficient (Wildman–Crippen LogP) is 5.15. The maximum Gasteiger partial charge on any atom is 0.169 e. The lowest BCUT2D eigenvalue weighted by Crippen LogP contribution is -2.33. The molecule has 0 atom stereocenters. The molecule has 0 aliphatic carbocycles. The highest BCUT2D eigenvalue weighted by Gasteiger charge is 2.05. The van der Waals surface area contributed by atoms with Crippen LogP contribution in [0.1, 0.15) is 51.4 Å². The molecule has 0 fully saturated rings. The number of nitrogens with zero attached hydrogens (tertiary/aromatic N) is 2. The van der Waals surface area contributed by atoms with E-state index in [1.54, 1.807) is 0 Å². The van der Waals surface area contributed by atoms with Gasteiger partial charge in [-0.05, 0) is 24.0 Å². The van der Waals surface area contributed by atoms with Gasteiger partial charge in [-0.3, -0.25) is 0 Å². The summed E-state index contributed by atoms with van der Waals surface area (Å²) in [6.45, 7) is 3.25. The summed E-state index contributed by atoms with van der Waals surface area (Å²) in [5, 5.41) is 0. The van der Waals surface area contributed by atoms with Gasteiger partial charge >= 0.3 is 0 Å². The van der Waals surface area contributed by atoms with Gasteiger partial charge in [-0.25, -0.2) is 9.13 Å². The van der Waals surface area contributed by atoms with E-state index in [9.17, 15) is 0 Å². The highest BCUT2D eigenvalue weighted by atomic mass is 14.9. The Morgan fingerprint density at radius 2 is 0.846 bits per heavy atom. The Labute approximate surface area is 158 Å². The van der Waals surface area contributed by atoms with Gasteiger partial charge in [0.25, 0.3) is 0 Å². The Bertz CT molecular complexity index is 537. The molecule has 26 heavy (non-hydrogen) atoms. The second kappa shape index (κ2) is 12.6. The number of nitrogens with one attached hydrogen (secondary N) is 2. The molecule has 0 unspecified atom stereocenters. The van der Waals surface area contributed by atoms with Crippen LogP contribution in [0.15, 0.2) is 49.1 Å². The number of pyridine rings is 2. The van der Waals surface area contributed by atoms with Crippen molar-refractivity contribution in [2.24, 2.45) is 0 Å². The smallest absolute Gasteiger partial charge is 0.169 e. The molecule has 0 aliphatic rings. The Morgan fingerprint density at radius 1 is 0.500 bits per heavy atom. The average Bonchev–Trinajstić information content (AvgIpc) is 2.69. The zero-order chi connectivity index (χ0) is 18.5. The van der Waals surface area contributed by atoms with Gasteiger partial charge < -0.3 is 11.5 Å². The molecule has 0 radical (unpaired) electrons. The fourth-order valence-electron chi connectivity index (χ4n) is 3.14. The molecule has 0 saturated carbocycles. The normalized spacial score (nSPS) is 11.0. The number of hydrogen-bond acceptors (Lipinski definition) is 0. The van der Waals surface area contributed by atoms with Crippen molar-refractivity contribution in [1.29, 1.82) is 0 Å². The number of aryl methyl sites for hydroxylation is 2. The first kappa shape index (κ1) is 20.5. The zero-order valence-electron chi connectivity index (χ0n) is 16.0. The van der Waals surface area contributed by atoms with Crippen molar-refractivity contribution in [3.63, 3.8) is 0 Å². The molecule has 2 aromatic rings. The van der Waals surface area contributed by atoms with E-state index >= 15 is 0 Å². The summed E-state index contributed by atoms with van der Waals surface area (Å²) in [6.07, 6.45) is 17.9. The van der Waals surface area contributed by atoms with Crippen LogP contribution in [0.3, 0.4) is 0 Å². The van der Waals surface area contributed by atoms with Gasteiger partial charge in [0, 0.05) is 37.1 Å². The molecule has 2 heterocycles. The molecule has 142 valence electrons. The third kappa shape index (κ3) is 7.63. The summed E-state index contributed by atoms with van der Waals surface area (Å²) in [5.41, 5.74) is 16.9. The summed E-state index contributed by atoms with van der Waals surface area (Å²) < 4.78 is 4.51. The summed E-state index contributed by atoms with van der Waals surface area (Å²) in [7, 11) is 0. The first-order valence-corrected chi connectivity index (χ1v) is 10.1. The van der Waals surface area contributed by atoms with Gasteiger partial charge in [0.1, 0.15) is 13.1 Å². The first-order chi connectivity index (χ1) is 12.8. The standard InChI is InChI=1S/C22H34N4/c23-13-5-1-3-7-15-25-17-9-21(10-18-25)22-11-19-26(20-12-22)16-8-4-2-6-14-24/h9-12,17-20,23-24H,1-8,13-16H2. The largest absolute Gasteiger partial charge is 0.677 e. The molecule has 0 spiro atoms. The van der Waals surface area contributed by atoms with E-state index in [-0.39, 0.29) is 0 Å². The number of hydrogen-bond donors (Lipinski definition) is 0. The van der Waals surface area contributed by atoms with Crippen molar-refractivity contribution in [2.45, 2.75) is 64.5 Å². The lowest BCUT2D eigenvalue weighted by Gasteiger charge is -2.03. The summed E-state index contributed by atoms with van der Waals surface area (Å²) in [5.74, 6) is 0. The molecule has 2 aromatic heterocycles. The second-order valence-corrected chi connectivity index (χ2v) is 6.98. The molecule has 2 N–H and O–H groups in total. The van der Waals surface area contributed by atoms with Crippen molar-refractivity contribution >= 4 is 0 Å². The van der Waals surface area contributed by atoms with Crippen LogP contribution in [0.2, 0.25) is 0 Å². The van der Waals surface area contributed by atoms with E-state index in [1.165, 1.54) is 49.7 Å². The topological polar surface area (TPSA) is 55.4 Å². The first-order valence-electron chi connectivity index (χ1n) is 10.1. The average molecular weight is 355 g/mol. The fourth-order valence-corrected chi connectivity index (χ4v) is 3.14. The lowest BCUT2D eigenvalue weighted by molar-refractivity contribution is -0.697. The summed E-state index contributed by atoms with van der Waals surface area (Å²) in [4.78, 5) is 0.